The molecule has 0 aliphatic carbocycles. The standard InChI is InChI=1S/C18H28N4O4S/c1-5-21-6-8-22(9-7-21)10-13(23)20-17-14(18(25)26-11(2)3)12(4)15(27-17)16(19)24/h11H,5-10H2,1-4H3,(H2,19,24)(H,20,23). The topological polar surface area (TPSA) is 105 Å². The fourth-order valence-corrected chi connectivity index (χ4v) is 4.05. The average Bonchev–Trinajstić information content (AvgIpc) is 2.91. The van der Waals surface area contributed by atoms with Gasteiger partial charge in [-0.1, -0.05) is 6.92 Å². The van der Waals surface area contributed by atoms with E-state index in [1.165, 1.54) is 0 Å². The molecular weight excluding hydrogens is 368 g/mol. The van der Waals surface area contributed by atoms with Crippen molar-refractivity contribution in [2.24, 2.45) is 5.73 Å². The first-order valence-electron chi connectivity index (χ1n) is 9.11. The lowest BCUT2D eigenvalue weighted by Crippen LogP contribution is -2.48. The summed E-state index contributed by atoms with van der Waals surface area (Å²) in [4.78, 5) is 41.2. The van der Waals surface area contributed by atoms with Crippen molar-refractivity contribution in [3.63, 3.8) is 0 Å². The molecule has 0 atom stereocenters. The van der Waals surface area contributed by atoms with Crippen LogP contribution in [0.1, 0.15) is 46.4 Å². The molecule has 0 aromatic carbocycles. The number of anilines is 1. The molecule has 0 unspecified atom stereocenters. The van der Waals surface area contributed by atoms with Crippen molar-refractivity contribution < 1.29 is 19.1 Å². The lowest BCUT2D eigenvalue weighted by atomic mass is 10.1. The number of nitrogens with one attached hydrogen (secondary N) is 1. The van der Waals surface area contributed by atoms with E-state index in [9.17, 15) is 14.4 Å². The van der Waals surface area contributed by atoms with Gasteiger partial charge < -0.3 is 20.7 Å². The summed E-state index contributed by atoms with van der Waals surface area (Å²) in [6.45, 7) is 12.0. The minimum Gasteiger partial charge on any atom is -0.459 e. The number of hydrogen-bond acceptors (Lipinski definition) is 7. The number of amides is 2. The molecule has 1 aliphatic heterocycles. The number of carbonyl (C=O) groups is 3. The Balaban J connectivity index is 2.12. The maximum atomic E-state index is 12.5. The Morgan fingerprint density at radius 3 is 2.30 bits per heavy atom. The van der Waals surface area contributed by atoms with E-state index in [1.807, 2.05) is 0 Å². The first kappa shape index (κ1) is 21.3. The van der Waals surface area contributed by atoms with Gasteiger partial charge in [-0.25, -0.2) is 4.79 Å². The number of esters is 1. The van der Waals surface area contributed by atoms with Gasteiger partial charge in [-0.05, 0) is 32.9 Å². The second-order valence-corrected chi connectivity index (χ2v) is 7.86. The second-order valence-electron chi connectivity index (χ2n) is 6.84. The van der Waals surface area contributed by atoms with Crippen LogP contribution in [0, 0.1) is 6.92 Å². The minimum absolute atomic E-state index is 0.201. The van der Waals surface area contributed by atoms with Crippen molar-refractivity contribution in [3.8, 4) is 0 Å². The number of ether oxygens (including phenoxy) is 1. The molecule has 1 fully saturated rings. The normalized spacial score (nSPS) is 15.7. The summed E-state index contributed by atoms with van der Waals surface area (Å²) in [6, 6.07) is 0. The highest BCUT2D eigenvalue weighted by atomic mass is 32.1. The summed E-state index contributed by atoms with van der Waals surface area (Å²) in [5.74, 6) is -1.43. The lowest BCUT2D eigenvalue weighted by molar-refractivity contribution is -0.117. The number of likely N-dealkylation sites (N-methyl/N-ethyl adjacent to an activating group) is 1. The molecular formula is C18H28N4O4S. The smallest absolute Gasteiger partial charge is 0.341 e. The average molecular weight is 397 g/mol. The summed E-state index contributed by atoms with van der Waals surface area (Å²) in [7, 11) is 0. The Morgan fingerprint density at radius 2 is 1.78 bits per heavy atom. The van der Waals surface area contributed by atoms with Gasteiger partial charge in [0, 0.05) is 26.2 Å². The third-order valence-electron chi connectivity index (χ3n) is 4.45. The van der Waals surface area contributed by atoms with Gasteiger partial charge in [0.2, 0.25) is 5.91 Å². The third kappa shape index (κ3) is 5.50. The molecule has 0 spiro atoms. The molecule has 150 valence electrons. The lowest BCUT2D eigenvalue weighted by Gasteiger charge is -2.33. The van der Waals surface area contributed by atoms with E-state index >= 15 is 0 Å². The Kier molecular flexibility index (Phi) is 7.34. The van der Waals surface area contributed by atoms with E-state index in [0.29, 0.717) is 10.6 Å². The fourth-order valence-electron chi connectivity index (χ4n) is 2.99. The zero-order chi connectivity index (χ0) is 20.1. The predicted octanol–water partition coefficient (Wildman–Crippen LogP) is 1.30. The molecule has 0 bridgehead atoms. The summed E-state index contributed by atoms with van der Waals surface area (Å²) in [5.41, 5.74) is 6.03. The number of nitrogens with zero attached hydrogens (tertiary/aromatic N) is 2. The monoisotopic (exact) mass is 396 g/mol. The Labute approximate surface area is 163 Å². The first-order valence-corrected chi connectivity index (χ1v) is 9.93. The maximum absolute atomic E-state index is 12.5. The first-order chi connectivity index (χ1) is 12.7. The number of nitrogens with two attached hydrogens (primary N) is 1. The van der Waals surface area contributed by atoms with Crippen LogP contribution in [0.4, 0.5) is 5.00 Å². The van der Waals surface area contributed by atoms with E-state index in [1.54, 1.807) is 20.8 Å². The fraction of sp³-hybridized carbons (Fsp3) is 0.611. The largest absolute Gasteiger partial charge is 0.459 e. The van der Waals surface area contributed by atoms with Gasteiger partial charge >= 0.3 is 5.97 Å². The van der Waals surface area contributed by atoms with Crippen LogP contribution in [0.5, 0.6) is 0 Å². The minimum atomic E-state index is -0.632. The SMILES string of the molecule is CCN1CCN(CC(=O)Nc2sc(C(N)=O)c(C)c2C(=O)OC(C)C)CC1. The van der Waals surface area contributed by atoms with Crippen LogP contribution in [0.3, 0.4) is 0 Å². The molecule has 2 amide bonds. The van der Waals surface area contributed by atoms with Crippen LogP contribution < -0.4 is 11.1 Å². The van der Waals surface area contributed by atoms with Crippen LogP contribution >= 0.6 is 11.3 Å². The second kappa shape index (κ2) is 9.29. The molecule has 27 heavy (non-hydrogen) atoms. The number of hydrogen-bond donors (Lipinski definition) is 2. The van der Waals surface area contributed by atoms with Crippen molar-refractivity contribution in [1.29, 1.82) is 0 Å². The summed E-state index contributed by atoms with van der Waals surface area (Å²) in [6.07, 6.45) is -0.313. The van der Waals surface area contributed by atoms with E-state index < -0.39 is 11.9 Å². The highest BCUT2D eigenvalue weighted by molar-refractivity contribution is 7.18. The van der Waals surface area contributed by atoms with Gasteiger partial charge in [-0.2, -0.15) is 0 Å². The highest BCUT2D eigenvalue weighted by Gasteiger charge is 2.27. The highest BCUT2D eigenvalue weighted by Crippen LogP contribution is 2.33. The maximum Gasteiger partial charge on any atom is 0.341 e. The summed E-state index contributed by atoms with van der Waals surface area (Å²) >= 11 is 1.01. The van der Waals surface area contributed by atoms with Crippen LogP contribution in [-0.4, -0.2) is 73.0 Å². The van der Waals surface area contributed by atoms with Crippen LogP contribution in [0.25, 0.3) is 0 Å². The van der Waals surface area contributed by atoms with Crippen molar-refractivity contribution in [3.05, 3.63) is 16.0 Å². The predicted molar refractivity (Wildman–Crippen MR) is 105 cm³/mol. The number of primary amides is 1. The summed E-state index contributed by atoms with van der Waals surface area (Å²) < 4.78 is 5.25. The van der Waals surface area contributed by atoms with Crippen LogP contribution in [-0.2, 0) is 9.53 Å². The van der Waals surface area contributed by atoms with Crippen molar-refractivity contribution in [1.82, 2.24) is 9.80 Å². The number of thiophene rings is 1. The molecule has 1 aromatic rings. The van der Waals surface area contributed by atoms with Crippen LogP contribution in [0.2, 0.25) is 0 Å². The van der Waals surface area contributed by atoms with Gasteiger partial charge in [-0.3, -0.25) is 14.5 Å². The molecule has 1 saturated heterocycles. The van der Waals surface area contributed by atoms with Gasteiger partial charge in [0.25, 0.3) is 5.91 Å². The number of carbonyl (C=O) groups excluding carboxylic acids is 3. The van der Waals surface area contributed by atoms with Crippen molar-refractivity contribution in [2.45, 2.75) is 33.8 Å². The van der Waals surface area contributed by atoms with E-state index in [4.69, 9.17) is 10.5 Å². The molecule has 1 aliphatic rings. The van der Waals surface area contributed by atoms with E-state index in [0.717, 1.165) is 44.1 Å². The quantitative estimate of drug-likeness (QED) is 0.673. The zero-order valence-electron chi connectivity index (χ0n) is 16.3. The molecule has 0 radical (unpaired) electrons. The van der Waals surface area contributed by atoms with E-state index in [-0.39, 0.29) is 29.0 Å². The summed E-state index contributed by atoms with van der Waals surface area (Å²) in [5, 5.41) is 3.08. The Morgan fingerprint density at radius 1 is 1.19 bits per heavy atom. The molecule has 1 aromatic heterocycles. The number of piperazine rings is 1. The molecule has 0 saturated carbocycles. The Bertz CT molecular complexity index is 708. The Hall–Kier alpha value is -1.97. The van der Waals surface area contributed by atoms with Gasteiger partial charge in [0.05, 0.1) is 23.1 Å². The van der Waals surface area contributed by atoms with E-state index in [2.05, 4.69) is 22.0 Å². The molecule has 3 N–H and O–H groups in total. The zero-order valence-corrected chi connectivity index (χ0v) is 17.1. The van der Waals surface area contributed by atoms with Gasteiger partial charge in [0.1, 0.15) is 5.00 Å². The molecule has 8 nitrogen and oxygen atoms in total. The number of rotatable bonds is 7. The molecule has 9 heteroatoms. The molecule has 2 heterocycles. The van der Waals surface area contributed by atoms with Gasteiger partial charge in [-0.15, -0.1) is 11.3 Å². The third-order valence-corrected chi connectivity index (χ3v) is 5.67. The molecule has 2 rings (SSSR count). The van der Waals surface area contributed by atoms with Crippen molar-refractivity contribution in [2.75, 3.05) is 44.6 Å². The van der Waals surface area contributed by atoms with Crippen LogP contribution in [0.15, 0.2) is 0 Å². The van der Waals surface area contributed by atoms with Crippen molar-refractivity contribution >= 4 is 34.1 Å². The van der Waals surface area contributed by atoms with Gasteiger partial charge in [0.15, 0.2) is 0 Å².